The van der Waals surface area contributed by atoms with Crippen molar-refractivity contribution in [2.45, 2.75) is 98.1 Å². The summed E-state index contributed by atoms with van der Waals surface area (Å²) in [6.45, 7) is -0.694. The first-order chi connectivity index (χ1) is 15.5. The maximum Gasteiger partial charge on any atom is 0.186 e. The standard InChI is InChI=1S/C18H37N5O10/c19-2-6-11(26)12(27)9(23)17(30-6)32-15-4(20)1-5(21)16(14(15)29)33-18-13(28)8(22)10(25)7(3-24)31-18/h4-18,24-29H,1-3,19-23H2/t4-,5+,6+,7-,8+,9+,10+,11+,12+,13-,14-,15+,16-,17-,18+/m1/s1. The molecule has 33 heavy (non-hydrogen) atoms. The maximum atomic E-state index is 11.0. The molecule has 2 saturated heterocycles. The molecule has 0 aromatic rings. The Morgan fingerprint density at radius 3 is 1.76 bits per heavy atom. The third-order valence-electron chi connectivity index (χ3n) is 6.56. The largest absolute Gasteiger partial charge is 0.394 e. The van der Waals surface area contributed by atoms with Gasteiger partial charge in [0.05, 0.1) is 18.7 Å². The lowest BCUT2D eigenvalue weighted by molar-refractivity contribution is -0.318. The van der Waals surface area contributed by atoms with Gasteiger partial charge in [0, 0.05) is 18.6 Å². The highest BCUT2D eigenvalue weighted by Gasteiger charge is 2.51. The van der Waals surface area contributed by atoms with Gasteiger partial charge in [-0.05, 0) is 6.42 Å². The van der Waals surface area contributed by atoms with Gasteiger partial charge < -0.3 is 78.3 Å². The zero-order valence-electron chi connectivity index (χ0n) is 18.0. The highest BCUT2D eigenvalue weighted by atomic mass is 16.7. The van der Waals surface area contributed by atoms with Gasteiger partial charge in [-0.2, -0.15) is 0 Å². The molecule has 3 aliphatic rings. The van der Waals surface area contributed by atoms with Crippen LogP contribution in [0.2, 0.25) is 0 Å². The lowest BCUT2D eigenvalue weighted by atomic mass is 9.84. The molecule has 1 saturated carbocycles. The maximum absolute atomic E-state index is 11.0. The molecule has 15 nitrogen and oxygen atoms in total. The minimum atomic E-state index is -1.48. The highest BCUT2D eigenvalue weighted by molar-refractivity contribution is 5.01. The average molecular weight is 484 g/mol. The summed E-state index contributed by atoms with van der Waals surface area (Å²) in [7, 11) is 0. The molecule has 16 N–H and O–H groups in total. The van der Waals surface area contributed by atoms with E-state index in [2.05, 4.69) is 0 Å². The second kappa shape index (κ2) is 11.0. The van der Waals surface area contributed by atoms with Crippen LogP contribution in [0.15, 0.2) is 0 Å². The second-order valence-corrected chi connectivity index (χ2v) is 8.88. The van der Waals surface area contributed by atoms with E-state index in [4.69, 9.17) is 47.6 Å². The van der Waals surface area contributed by atoms with Crippen molar-refractivity contribution in [1.29, 1.82) is 0 Å². The van der Waals surface area contributed by atoms with Crippen molar-refractivity contribution in [2.24, 2.45) is 28.7 Å². The van der Waals surface area contributed by atoms with Crippen LogP contribution in [0.1, 0.15) is 6.42 Å². The van der Waals surface area contributed by atoms with Crippen LogP contribution < -0.4 is 28.7 Å². The molecule has 0 bridgehead atoms. The number of nitrogens with two attached hydrogens (primary N) is 5. The number of ether oxygens (including phenoxy) is 4. The SMILES string of the molecule is NC[C@@H]1O[C@H](O[C@@H]2[C@@H](O)[C@H](O[C@@H]3O[C@H](CO)[C@H](O)[C@H](N)[C@H]3O)[C@@H](N)C[C@H]2N)[C@@H](N)[C@H](O)[C@H]1O. The van der Waals surface area contributed by atoms with Gasteiger partial charge in [-0.3, -0.25) is 0 Å². The molecular weight excluding hydrogens is 446 g/mol. The third-order valence-corrected chi connectivity index (χ3v) is 6.56. The minimum Gasteiger partial charge on any atom is -0.394 e. The van der Waals surface area contributed by atoms with Gasteiger partial charge >= 0.3 is 0 Å². The van der Waals surface area contributed by atoms with Gasteiger partial charge in [0.2, 0.25) is 0 Å². The zero-order valence-corrected chi connectivity index (χ0v) is 18.0. The predicted molar refractivity (Wildman–Crippen MR) is 110 cm³/mol. The summed E-state index contributed by atoms with van der Waals surface area (Å²) in [5.74, 6) is 0. The first kappa shape index (κ1) is 27.0. The van der Waals surface area contributed by atoms with Gasteiger partial charge in [0.15, 0.2) is 12.6 Å². The van der Waals surface area contributed by atoms with E-state index in [1.807, 2.05) is 0 Å². The van der Waals surface area contributed by atoms with Crippen LogP contribution in [0, 0.1) is 0 Å². The fourth-order valence-corrected chi connectivity index (χ4v) is 4.45. The van der Waals surface area contributed by atoms with E-state index in [9.17, 15) is 30.6 Å². The summed E-state index contributed by atoms with van der Waals surface area (Å²) in [6, 6.07) is -3.92. The second-order valence-electron chi connectivity index (χ2n) is 8.88. The summed E-state index contributed by atoms with van der Waals surface area (Å²) >= 11 is 0. The van der Waals surface area contributed by atoms with Crippen LogP contribution in [0.4, 0.5) is 0 Å². The van der Waals surface area contributed by atoms with E-state index in [0.717, 1.165) is 0 Å². The first-order valence-corrected chi connectivity index (χ1v) is 10.9. The lowest BCUT2D eigenvalue weighted by Crippen LogP contribution is -2.69. The van der Waals surface area contributed by atoms with Crippen molar-refractivity contribution in [2.75, 3.05) is 13.2 Å². The van der Waals surface area contributed by atoms with Gasteiger partial charge in [0.25, 0.3) is 0 Å². The molecule has 2 heterocycles. The Morgan fingerprint density at radius 2 is 1.21 bits per heavy atom. The van der Waals surface area contributed by atoms with Crippen molar-refractivity contribution >= 4 is 0 Å². The van der Waals surface area contributed by atoms with E-state index in [1.54, 1.807) is 0 Å². The van der Waals surface area contributed by atoms with Crippen molar-refractivity contribution in [3.05, 3.63) is 0 Å². The molecule has 3 fully saturated rings. The monoisotopic (exact) mass is 483 g/mol. The molecule has 3 rings (SSSR count). The Balaban J connectivity index is 1.72. The topological polar surface area (TPSA) is 288 Å². The third kappa shape index (κ3) is 5.32. The number of aliphatic hydroxyl groups is 6. The van der Waals surface area contributed by atoms with E-state index in [0.29, 0.717) is 0 Å². The minimum absolute atomic E-state index is 0.115. The molecule has 15 atom stereocenters. The van der Waals surface area contributed by atoms with Crippen LogP contribution in [-0.2, 0) is 18.9 Å². The summed E-state index contributed by atoms with van der Waals surface area (Å²) in [5.41, 5.74) is 29.6. The van der Waals surface area contributed by atoms with Crippen LogP contribution in [0.3, 0.4) is 0 Å². The summed E-state index contributed by atoms with van der Waals surface area (Å²) < 4.78 is 22.5. The first-order valence-electron chi connectivity index (χ1n) is 10.9. The normalized spacial score (nSPS) is 53.7. The van der Waals surface area contributed by atoms with Gasteiger partial charge in [-0.25, -0.2) is 0 Å². The van der Waals surface area contributed by atoms with E-state index < -0.39 is 98.3 Å². The van der Waals surface area contributed by atoms with Gasteiger partial charge in [0.1, 0.15) is 54.9 Å². The number of hydrogen-bond donors (Lipinski definition) is 11. The fourth-order valence-electron chi connectivity index (χ4n) is 4.45. The predicted octanol–water partition coefficient (Wildman–Crippen LogP) is -7.33. The molecule has 0 aromatic heterocycles. The van der Waals surface area contributed by atoms with Gasteiger partial charge in [-0.15, -0.1) is 0 Å². The number of aliphatic hydroxyl groups excluding tert-OH is 6. The summed E-state index contributed by atoms with van der Waals surface area (Å²) in [5, 5.41) is 60.9. The lowest BCUT2D eigenvalue weighted by Gasteiger charge is -2.48. The Hall–Kier alpha value is -0.600. The Morgan fingerprint density at radius 1 is 0.667 bits per heavy atom. The average Bonchev–Trinajstić information content (AvgIpc) is 2.79. The molecule has 15 heteroatoms. The molecule has 0 spiro atoms. The van der Waals surface area contributed by atoms with Crippen molar-refractivity contribution < 1.29 is 49.6 Å². The Bertz CT molecular complexity index is 585. The Labute approximate surface area is 190 Å². The number of hydrogen-bond acceptors (Lipinski definition) is 15. The van der Waals surface area contributed by atoms with Crippen LogP contribution in [0.5, 0.6) is 0 Å². The van der Waals surface area contributed by atoms with E-state index in [-0.39, 0.29) is 13.0 Å². The summed E-state index contributed by atoms with van der Waals surface area (Å²) in [4.78, 5) is 0. The quantitative estimate of drug-likeness (QED) is 0.167. The molecule has 2 aliphatic heterocycles. The molecule has 0 amide bonds. The zero-order chi connectivity index (χ0) is 24.6. The Kier molecular flexibility index (Phi) is 8.99. The summed E-state index contributed by atoms with van der Waals surface area (Å²) in [6.07, 6.45) is -13.9. The van der Waals surface area contributed by atoms with Crippen molar-refractivity contribution in [1.82, 2.24) is 0 Å². The van der Waals surface area contributed by atoms with Gasteiger partial charge in [-0.1, -0.05) is 0 Å². The molecular formula is C18H37N5O10. The molecule has 0 unspecified atom stereocenters. The van der Waals surface area contributed by atoms with Crippen LogP contribution in [0.25, 0.3) is 0 Å². The van der Waals surface area contributed by atoms with Crippen molar-refractivity contribution in [3.8, 4) is 0 Å². The smallest absolute Gasteiger partial charge is 0.186 e. The molecule has 0 radical (unpaired) electrons. The fraction of sp³-hybridized carbons (Fsp3) is 1.00. The molecule has 1 aliphatic carbocycles. The van der Waals surface area contributed by atoms with E-state index in [1.165, 1.54) is 0 Å². The molecule has 0 aromatic carbocycles. The number of rotatable bonds is 6. The van der Waals surface area contributed by atoms with Crippen molar-refractivity contribution in [3.63, 3.8) is 0 Å². The highest BCUT2D eigenvalue weighted by Crippen LogP contribution is 2.30. The van der Waals surface area contributed by atoms with Crippen LogP contribution in [-0.4, -0.2) is 135 Å². The molecule has 194 valence electrons. The van der Waals surface area contributed by atoms with E-state index >= 15 is 0 Å². The van der Waals surface area contributed by atoms with Crippen LogP contribution >= 0.6 is 0 Å².